The molecule has 0 saturated heterocycles. The number of allylic oxidation sites excluding steroid dienone is 1. The monoisotopic (exact) mass is 418 g/mol. The molecule has 6 heteroatoms. The van der Waals surface area contributed by atoms with Crippen LogP contribution >= 0.6 is 0 Å². The normalized spacial score (nSPS) is 10.5. The summed E-state index contributed by atoms with van der Waals surface area (Å²) in [6.45, 7) is 0. The average Bonchev–Trinajstić information content (AvgIpc) is 2.82. The molecule has 6 nitrogen and oxygen atoms in total. The molecule has 0 atom stereocenters. The number of methoxy groups -OCH3 is 3. The minimum absolute atomic E-state index is 0.189. The fraction of sp³-hybridized carbons (Fsp3) is 0.120. The number of hydrogen-bond donors (Lipinski definition) is 0. The molecule has 3 aromatic carbocycles. The predicted molar refractivity (Wildman–Crippen MR) is 117 cm³/mol. The first kappa shape index (κ1) is 21.6. The predicted octanol–water partition coefficient (Wildman–Crippen LogP) is 4.83. The van der Waals surface area contributed by atoms with Crippen LogP contribution < -0.4 is 18.9 Å². The lowest BCUT2D eigenvalue weighted by Crippen LogP contribution is -2.08. The van der Waals surface area contributed by atoms with E-state index in [2.05, 4.69) is 0 Å². The third-order valence-electron chi connectivity index (χ3n) is 4.53. The van der Waals surface area contributed by atoms with E-state index in [9.17, 15) is 9.59 Å². The molecule has 0 aliphatic heterocycles. The first-order valence-electron chi connectivity index (χ1n) is 9.45. The fourth-order valence-electron chi connectivity index (χ4n) is 2.80. The summed E-state index contributed by atoms with van der Waals surface area (Å²) in [5.41, 5.74) is 1.62. The van der Waals surface area contributed by atoms with Crippen LogP contribution in [-0.4, -0.2) is 33.1 Å². The van der Waals surface area contributed by atoms with Gasteiger partial charge in [0.15, 0.2) is 5.78 Å². The Morgan fingerprint density at radius 1 is 0.677 bits per heavy atom. The molecule has 0 bridgehead atoms. The Balaban J connectivity index is 1.66. The number of rotatable bonds is 8. The van der Waals surface area contributed by atoms with Gasteiger partial charge in [-0.2, -0.15) is 0 Å². The van der Waals surface area contributed by atoms with Crippen LogP contribution in [0.15, 0.2) is 72.8 Å². The van der Waals surface area contributed by atoms with Gasteiger partial charge < -0.3 is 18.9 Å². The van der Waals surface area contributed by atoms with Crippen molar-refractivity contribution in [1.29, 1.82) is 0 Å². The van der Waals surface area contributed by atoms with Crippen molar-refractivity contribution in [2.75, 3.05) is 21.3 Å². The molecule has 0 aromatic heterocycles. The van der Waals surface area contributed by atoms with E-state index in [-0.39, 0.29) is 5.78 Å². The summed E-state index contributed by atoms with van der Waals surface area (Å²) in [6.07, 6.45) is 3.14. The molecule has 0 heterocycles. The van der Waals surface area contributed by atoms with E-state index in [1.165, 1.54) is 6.08 Å². The van der Waals surface area contributed by atoms with Crippen molar-refractivity contribution < 1.29 is 28.5 Å². The second-order valence-corrected chi connectivity index (χ2v) is 6.45. The van der Waals surface area contributed by atoms with E-state index in [1.54, 1.807) is 88.1 Å². The molecule has 3 aromatic rings. The van der Waals surface area contributed by atoms with Crippen molar-refractivity contribution >= 4 is 17.8 Å². The van der Waals surface area contributed by atoms with Crippen LogP contribution in [0.25, 0.3) is 6.08 Å². The number of ether oxygens (including phenoxy) is 4. The summed E-state index contributed by atoms with van der Waals surface area (Å²) in [7, 11) is 4.69. The minimum atomic E-state index is -0.492. The largest absolute Gasteiger partial charge is 0.497 e. The van der Waals surface area contributed by atoms with Crippen molar-refractivity contribution in [3.63, 3.8) is 0 Å². The molecule has 3 rings (SSSR count). The van der Waals surface area contributed by atoms with Gasteiger partial charge in [-0.15, -0.1) is 0 Å². The summed E-state index contributed by atoms with van der Waals surface area (Å²) in [5, 5.41) is 0. The van der Waals surface area contributed by atoms with Gasteiger partial charge in [0.25, 0.3) is 0 Å². The molecular formula is C25H22O6. The Bertz CT molecular complexity index is 1080. The topological polar surface area (TPSA) is 71.1 Å². The average molecular weight is 418 g/mol. The van der Waals surface area contributed by atoms with Gasteiger partial charge >= 0.3 is 5.97 Å². The first-order valence-corrected chi connectivity index (χ1v) is 9.45. The number of carbonyl (C=O) groups is 2. The highest BCUT2D eigenvalue weighted by Gasteiger charge is 2.10. The van der Waals surface area contributed by atoms with Gasteiger partial charge in [0, 0.05) is 17.2 Å². The Morgan fingerprint density at radius 3 is 1.87 bits per heavy atom. The van der Waals surface area contributed by atoms with Crippen LogP contribution in [0.2, 0.25) is 0 Å². The summed E-state index contributed by atoms with van der Waals surface area (Å²) in [4.78, 5) is 24.7. The summed E-state index contributed by atoms with van der Waals surface area (Å²) in [6, 6.07) is 18.3. The highest BCUT2D eigenvalue weighted by atomic mass is 16.5. The van der Waals surface area contributed by atoms with Crippen molar-refractivity contribution in [2.45, 2.75) is 0 Å². The second kappa shape index (κ2) is 10.1. The quantitative estimate of drug-likeness (QED) is 0.226. The van der Waals surface area contributed by atoms with Crippen LogP contribution in [0.4, 0.5) is 0 Å². The van der Waals surface area contributed by atoms with Crippen LogP contribution in [-0.2, 0) is 0 Å². The summed E-state index contributed by atoms with van der Waals surface area (Å²) < 4.78 is 20.9. The smallest absolute Gasteiger partial charge is 0.343 e. The minimum Gasteiger partial charge on any atom is -0.497 e. The van der Waals surface area contributed by atoms with Gasteiger partial charge in [-0.05, 0) is 72.8 Å². The van der Waals surface area contributed by atoms with Crippen LogP contribution in [0.3, 0.4) is 0 Å². The molecular weight excluding hydrogens is 396 g/mol. The van der Waals surface area contributed by atoms with Crippen LogP contribution in [0.1, 0.15) is 26.3 Å². The van der Waals surface area contributed by atoms with Crippen molar-refractivity contribution in [1.82, 2.24) is 0 Å². The maximum atomic E-state index is 12.5. The number of esters is 1. The lowest BCUT2D eigenvalue weighted by Gasteiger charge is -2.07. The van der Waals surface area contributed by atoms with Gasteiger partial charge in [0.2, 0.25) is 0 Å². The zero-order chi connectivity index (χ0) is 22.2. The standard InChI is InChI=1S/C25H22O6/c1-28-20-10-7-19(8-11-20)25(27)31-21-12-4-17(5-13-21)23(26)15-9-18-6-14-22(29-2)16-24(18)30-3/h4-16H,1-3H3. The lowest BCUT2D eigenvalue weighted by molar-refractivity contribution is 0.0734. The Kier molecular flexibility index (Phi) is 7.06. The SMILES string of the molecule is COc1ccc(C(=O)Oc2ccc(C(=O)C=Cc3ccc(OC)cc3OC)cc2)cc1. The van der Waals surface area contributed by atoms with Gasteiger partial charge in [-0.25, -0.2) is 4.79 Å². The van der Waals surface area contributed by atoms with Crippen LogP contribution in [0.5, 0.6) is 23.0 Å². The molecule has 158 valence electrons. The Labute approximate surface area is 180 Å². The van der Waals surface area contributed by atoms with Gasteiger partial charge in [-0.1, -0.05) is 0 Å². The van der Waals surface area contributed by atoms with E-state index in [4.69, 9.17) is 18.9 Å². The molecule has 0 N–H and O–H groups in total. The summed E-state index contributed by atoms with van der Waals surface area (Å²) >= 11 is 0. The molecule has 0 amide bonds. The van der Waals surface area contributed by atoms with E-state index in [0.717, 1.165) is 5.56 Å². The molecule has 0 aliphatic rings. The van der Waals surface area contributed by atoms with Gasteiger partial charge in [0.1, 0.15) is 23.0 Å². The van der Waals surface area contributed by atoms with E-state index in [0.29, 0.717) is 34.1 Å². The molecule has 0 radical (unpaired) electrons. The maximum absolute atomic E-state index is 12.5. The third kappa shape index (κ3) is 5.51. The number of benzene rings is 3. The second-order valence-electron chi connectivity index (χ2n) is 6.45. The maximum Gasteiger partial charge on any atom is 0.343 e. The van der Waals surface area contributed by atoms with E-state index < -0.39 is 5.97 Å². The first-order chi connectivity index (χ1) is 15.0. The lowest BCUT2D eigenvalue weighted by atomic mass is 10.1. The van der Waals surface area contributed by atoms with Gasteiger partial charge in [-0.3, -0.25) is 4.79 Å². The number of hydrogen-bond acceptors (Lipinski definition) is 6. The Morgan fingerprint density at radius 2 is 1.26 bits per heavy atom. The number of carbonyl (C=O) groups excluding carboxylic acids is 2. The zero-order valence-electron chi connectivity index (χ0n) is 17.5. The van der Waals surface area contributed by atoms with Gasteiger partial charge in [0.05, 0.1) is 26.9 Å². The summed E-state index contributed by atoms with van der Waals surface area (Å²) in [5.74, 6) is 1.58. The third-order valence-corrected chi connectivity index (χ3v) is 4.53. The van der Waals surface area contributed by atoms with E-state index in [1.807, 2.05) is 6.07 Å². The number of ketones is 1. The molecule has 0 aliphatic carbocycles. The van der Waals surface area contributed by atoms with Crippen molar-refractivity contribution in [2.24, 2.45) is 0 Å². The molecule has 0 fully saturated rings. The van der Waals surface area contributed by atoms with Crippen molar-refractivity contribution in [3.8, 4) is 23.0 Å². The molecule has 31 heavy (non-hydrogen) atoms. The molecule has 0 saturated carbocycles. The van der Waals surface area contributed by atoms with Crippen molar-refractivity contribution in [3.05, 3.63) is 89.5 Å². The fourth-order valence-corrected chi connectivity index (χ4v) is 2.80. The molecule has 0 spiro atoms. The Hall–Kier alpha value is -4.06. The highest BCUT2D eigenvalue weighted by molar-refractivity contribution is 6.07. The van der Waals surface area contributed by atoms with Crippen LogP contribution in [0, 0.1) is 0 Å². The van der Waals surface area contributed by atoms with E-state index >= 15 is 0 Å². The highest BCUT2D eigenvalue weighted by Crippen LogP contribution is 2.26. The zero-order valence-corrected chi connectivity index (χ0v) is 17.5. The molecule has 0 unspecified atom stereocenters.